The zero-order chi connectivity index (χ0) is 10.5. The average molecular weight is 206 g/mol. The van der Waals surface area contributed by atoms with E-state index in [-0.39, 0.29) is 0 Å². The van der Waals surface area contributed by atoms with Gasteiger partial charge in [-0.3, -0.25) is 4.79 Å². The van der Waals surface area contributed by atoms with Gasteiger partial charge in [-0.15, -0.1) is 0 Å². The predicted molar refractivity (Wildman–Crippen MR) is 60.1 cm³/mol. The molecule has 1 aliphatic heterocycles. The van der Waals surface area contributed by atoms with E-state index in [4.69, 9.17) is 0 Å². The van der Waals surface area contributed by atoms with Gasteiger partial charge in [-0.25, -0.2) is 0 Å². The first-order chi connectivity index (χ1) is 7.40. The molecule has 2 heterocycles. The van der Waals surface area contributed by atoms with Crippen molar-refractivity contribution in [2.75, 3.05) is 19.6 Å². The number of carbonyl (C=O) groups is 1. The second-order valence-corrected chi connectivity index (χ2v) is 4.15. The zero-order valence-electron chi connectivity index (χ0n) is 9.06. The number of likely N-dealkylation sites (tertiary alicyclic amines) is 1. The SMILES string of the molecule is O=Cc1cccn1CCCN1CCCC1. The molecular weight excluding hydrogens is 188 g/mol. The normalized spacial score (nSPS) is 17.1. The molecule has 1 aromatic rings. The lowest BCUT2D eigenvalue weighted by Crippen LogP contribution is -2.21. The maximum absolute atomic E-state index is 10.7. The molecular formula is C12H18N2O. The Morgan fingerprint density at radius 2 is 2.07 bits per heavy atom. The summed E-state index contributed by atoms with van der Waals surface area (Å²) in [6, 6.07) is 3.79. The summed E-state index contributed by atoms with van der Waals surface area (Å²) in [5, 5.41) is 0. The standard InChI is InChI=1S/C12H18N2O/c15-11-12-5-3-9-14(12)10-4-8-13-6-1-2-7-13/h3,5,9,11H,1-2,4,6-8,10H2. The molecule has 0 aromatic carbocycles. The van der Waals surface area contributed by atoms with Crippen LogP contribution in [0.2, 0.25) is 0 Å². The van der Waals surface area contributed by atoms with E-state index in [0.717, 1.165) is 31.5 Å². The molecule has 0 atom stereocenters. The summed E-state index contributed by atoms with van der Waals surface area (Å²) in [4.78, 5) is 13.2. The van der Waals surface area contributed by atoms with Crippen molar-refractivity contribution in [1.82, 2.24) is 9.47 Å². The number of nitrogens with zero attached hydrogens (tertiary/aromatic N) is 2. The first-order valence-corrected chi connectivity index (χ1v) is 5.73. The number of carbonyl (C=O) groups excluding carboxylic acids is 1. The fraction of sp³-hybridized carbons (Fsp3) is 0.583. The van der Waals surface area contributed by atoms with Crippen molar-refractivity contribution in [3.05, 3.63) is 24.0 Å². The van der Waals surface area contributed by atoms with Crippen LogP contribution in [0.5, 0.6) is 0 Å². The van der Waals surface area contributed by atoms with Crippen molar-refractivity contribution >= 4 is 6.29 Å². The quantitative estimate of drug-likeness (QED) is 0.686. The third-order valence-corrected chi connectivity index (χ3v) is 3.06. The molecule has 1 aliphatic rings. The van der Waals surface area contributed by atoms with Gasteiger partial charge in [0.05, 0.1) is 5.69 Å². The molecule has 0 aliphatic carbocycles. The molecule has 3 heteroatoms. The van der Waals surface area contributed by atoms with Gasteiger partial charge in [-0.1, -0.05) is 0 Å². The van der Waals surface area contributed by atoms with Crippen molar-refractivity contribution in [3.8, 4) is 0 Å². The number of aryl methyl sites for hydroxylation is 1. The summed E-state index contributed by atoms with van der Waals surface area (Å²) in [5.41, 5.74) is 0.788. The zero-order valence-corrected chi connectivity index (χ0v) is 9.06. The van der Waals surface area contributed by atoms with Crippen LogP contribution < -0.4 is 0 Å². The second kappa shape index (κ2) is 5.12. The van der Waals surface area contributed by atoms with Crippen LogP contribution in [-0.4, -0.2) is 35.4 Å². The van der Waals surface area contributed by atoms with Crippen LogP contribution >= 0.6 is 0 Å². The number of hydrogen-bond acceptors (Lipinski definition) is 2. The van der Waals surface area contributed by atoms with Crippen molar-refractivity contribution < 1.29 is 4.79 Å². The van der Waals surface area contributed by atoms with Crippen molar-refractivity contribution in [1.29, 1.82) is 0 Å². The van der Waals surface area contributed by atoms with Crippen LogP contribution in [0.25, 0.3) is 0 Å². The van der Waals surface area contributed by atoms with Gasteiger partial charge in [0.2, 0.25) is 0 Å². The van der Waals surface area contributed by atoms with Gasteiger partial charge in [0.1, 0.15) is 0 Å². The summed E-state index contributed by atoms with van der Waals surface area (Å²) in [7, 11) is 0. The lowest BCUT2D eigenvalue weighted by molar-refractivity contribution is 0.111. The Morgan fingerprint density at radius 1 is 1.27 bits per heavy atom. The topological polar surface area (TPSA) is 25.2 Å². The molecule has 0 radical (unpaired) electrons. The summed E-state index contributed by atoms with van der Waals surface area (Å²) >= 11 is 0. The molecule has 0 unspecified atom stereocenters. The summed E-state index contributed by atoms with van der Waals surface area (Å²) in [6.45, 7) is 4.63. The molecule has 15 heavy (non-hydrogen) atoms. The van der Waals surface area contributed by atoms with E-state index < -0.39 is 0 Å². The van der Waals surface area contributed by atoms with E-state index in [0.29, 0.717) is 0 Å². The minimum Gasteiger partial charge on any atom is -0.345 e. The Balaban J connectivity index is 1.75. The largest absolute Gasteiger partial charge is 0.345 e. The molecule has 0 saturated carbocycles. The molecule has 0 bridgehead atoms. The average Bonchev–Trinajstić information content (AvgIpc) is 2.88. The fourth-order valence-corrected chi connectivity index (χ4v) is 2.21. The van der Waals surface area contributed by atoms with Gasteiger partial charge in [-0.05, 0) is 51.0 Å². The highest BCUT2D eigenvalue weighted by Crippen LogP contribution is 2.08. The van der Waals surface area contributed by atoms with E-state index >= 15 is 0 Å². The molecule has 0 N–H and O–H groups in total. The van der Waals surface area contributed by atoms with E-state index in [1.165, 1.54) is 25.9 Å². The number of rotatable bonds is 5. The highest BCUT2D eigenvalue weighted by atomic mass is 16.1. The molecule has 1 fully saturated rings. The maximum Gasteiger partial charge on any atom is 0.166 e. The van der Waals surface area contributed by atoms with Crippen LogP contribution in [0.1, 0.15) is 29.8 Å². The van der Waals surface area contributed by atoms with Gasteiger partial charge in [0, 0.05) is 12.7 Å². The Morgan fingerprint density at radius 3 is 2.80 bits per heavy atom. The van der Waals surface area contributed by atoms with E-state index in [9.17, 15) is 4.79 Å². The van der Waals surface area contributed by atoms with Crippen LogP contribution in [0.3, 0.4) is 0 Å². The second-order valence-electron chi connectivity index (χ2n) is 4.15. The highest BCUT2D eigenvalue weighted by molar-refractivity contribution is 5.72. The van der Waals surface area contributed by atoms with Crippen molar-refractivity contribution in [3.63, 3.8) is 0 Å². The first-order valence-electron chi connectivity index (χ1n) is 5.73. The third kappa shape index (κ3) is 2.69. The van der Waals surface area contributed by atoms with E-state index in [1.807, 2.05) is 22.9 Å². The van der Waals surface area contributed by atoms with Gasteiger partial charge >= 0.3 is 0 Å². The van der Waals surface area contributed by atoms with Crippen LogP contribution in [-0.2, 0) is 6.54 Å². The summed E-state index contributed by atoms with van der Waals surface area (Å²) in [5.74, 6) is 0. The third-order valence-electron chi connectivity index (χ3n) is 3.06. The molecule has 82 valence electrons. The molecule has 3 nitrogen and oxygen atoms in total. The fourth-order valence-electron chi connectivity index (χ4n) is 2.21. The minimum atomic E-state index is 0.788. The van der Waals surface area contributed by atoms with Gasteiger partial charge < -0.3 is 9.47 Å². The molecule has 1 aromatic heterocycles. The minimum absolute atomic E-state index is 0.788. The monoisotopic (exact) mass is 206 g/mol. The van der Waals surface area contributed by atoms with Crippen molar-refractivity contribution in [2.24, 2.45) is 0 Å². The Hall–Kier alpha value is -1.09. The van der Waals surface area contributed by atoms with Crippen molar-refractivity contribution in [2.45, 2.75) is 25.8 Å². The smallest absolute Gasteiger partial charge is 0.166 e. The highest BCUT2D eigenvalue weighted by Gasteiger charge is 2.10. The number of aldehydes is 1. The Labute approximate surface area is 90.7 Å². The van der Waals surface area contributed by atoms with E-state index in [2.05, 4.69) is 4.90 Å². The lowest BCUT2D eigenvalue weighted by atomic mass is 10.3. The maximum atomic E-state index is 10.7. The first kappa shape index (κ1) is 10.4. The number of aromatic nitrogens is 1. The summed E-state index contributed by atoms with van der Waals surface area (Å²) in [6.07, 6.45) is 6.74. The lowest BCUT2D eigenvalue weighted by Gasteiger charge is -2.14. The molecule has 1 saturated heterocycles. The van der Waals surface area contributed by atoms with Crippen LogP contribution in [0, 0.1) is 0 Å². The van der Waals surface area contributed by atoms with Crippen LogP contribution in [0.4, 0.5) is 0 Å². The van der Waals surface area contributed by atoms with E-state index in [1.54, 1.807) is 0 Å². The molecule has 0 spiro atoms. The Bertz CT molecular complexity index is 313. The Kier molecular flexibility index (Phi) is 3.56. The predicted octanol–water partition coefficient (Wildman–Crippen LogP) is 1.79. The molecule has 2 rings (SSSR count). The van der Waals surface area contributed by atoms with Gasteiger partial charge in [0.25, 0.3) is 0 Å². The summed E-state index contributed by atoms with van der Waals surface area (Å²) < 4.78 is 2.03. The van der Waals surface area contributed by atoms with Gasteiger partial charge in [-0.2, -0.15) is 0 Å². The van der Waals surface area contributed by atoms with Crippen LogP contribution in [0.15, 0.2) is 18.3 Å². The van der Waals surface area contributed by atoms with Gasteiger partial charge in [0.15, 0.2) is 6.29 Å². The molecule has 0 amide bonds. The number of hydrogen-bond donors (Lipinski definition) is 0.